The lowest BCUT2D eigenvalue weighted by Crippen LogP contribution is -2.44. The van der Waals surface area contributed by atoms with Crippen LogP contribution in [0.2, 0.25) is 0 Å². The molecule has 0 bridgehead atoms. The summed E-state index contributed by atoms with van der Waals surface area (Å²) in [6.45, 7) is 10.2. The molecule has 1 N–H and O–H groups in total. The van der Waals surface area contributed by atoms with Gasteiger partial charge in [0.1, 0.15) is 11.9 Å². The van der Waals surface area contributed by atoms with E-state index < -0.39 is 0 Å². The zero-order chi connectivity index (χ0) is 25.9. The minimum absolute atomic E-state index is 0.288. The first kappa shape index (κ1) is 26.1. The smallest absolute Gasteiger partial charge is 0.121 e. The monoisotopic (exact) mass is 520 g/mol. The summed E-state index contributed by atoms with van der Waals surface area (Å²) in [6, 6.07) is 15.9. The highest BCUT2D eigenvalue weighted by molar-refractivity contribution is 5.57. The van der Waals surface area contributed by atoms with Crippen molar-refractivity contribution in [2.24, 2.45) is 0 Å². The molecular formula is C31H44N4O3. The van der Waals surface area contributed by atoms with Gasteiger partial charge in [0.2, 0.25) is 0 Å². The lowest BCUT2D eigenvalue weighted by atomic mass is 10.00. The van der Waals surface area contributed by atoms with Gasteiger partial charge in [-0.1, -0.05) is 30.3 Å². The maximum Gasteiger partial charge on any atom is 0.121 e. The maximum absolute atomic E-state index is 11.0. The van der Waals surface area contributed by atoms with Crippen LogP contribution in [0.1, 0.15) is 36.0 Å². The summed E-state index contributed by atoms with van der Waals surface area (Å²) in [6.07, 6.45) is 4.34. The second-order valence-corrected chi connectivity index (χ2v) is 11.7. The largest absolute Gasteiger partial charge is 0.490 e. The van der Waals surface area contributed by atoms with Crippen LogP contribution in [0.3, 0.4) is 0 Å². The van der Waals surface area contributed by atoms with Gasteiger partial charge >= 0.3 is 0 Å². The Bertz CT molecular complexity index is 1070. The molecule has 7 nitrogen and oxygen atoms in total. The molecule has 38 heavy (non-hydrogen) atoms. The van der Waals surface area contributed by atoms with Crippen molar-refractivity contribution in [2.75, 3.05) is 71.0 Å². The number of likely N-dealkylation sites (N-methyl/N-ethyl adjacent to an activating group) is 1. The number of likely N-dealkylation sites (tertiary alicyclic amines) is 1. The molecule has 2 fully saturated rings. The minimum atomic E-state index is -0.351. The number of nitrogens with zero attached hydrogens (tertiary/aromatic N) is 4. The van der Waals surface area contributed by atoms with E-state index in [9.17, 15) is 5.11 Å². The highest BCUT2D eigenvalue weighted by Crippen LogP contribution is 2.31. The number of piperidine rings is 1. The van der Waals surface area contributed by atoms with E-state index in [0.29, 0.717) is 12.6 Å². The van der Waals surface area contributed by atoms with E-state index in [1.54, 1.807) is 0 Å². The second kappa shape index (κ2) is 11.9. The fourth-order valence-electron chi connectivity index (χ4n) is 6.72. The molecule has 2 atom stereocenters. The lowest BCUT2D eigenvalue weighted by Gasteiger charge is -2.35. The Kier molecular flexibility index (Phi) is 8.19. The molecule has 0 spiro atoms. The first-order valence-corrected chi connectivity index (χ1v) is 14.6. The Balaban J connectivity index is 1.01. The molecular weight excluding hydrogens is 476 g/mol. The number of β-amino-alcohol motifs (C(OH)–C–C–N with tert-alkyl or cyclic N) is 1. The molecule has 0 amide bonds. The fraction of sp³-hybridized carbons (Fsp3) is 0.613. The van der Waals surface area contributed by atoms with Gasteiger partial charge in [0.05, 0.1) is 12.7 Å². The van der Waals surface area contributed by atoms with Crippen LogP contribution in [-0.4, -0.2) is 104 Å². The summed E-state index contributed by atoms with van der Waals surface area (Å²) in [5.74, 6) is 0.983. The average Bonchev–Trinajstić information content (AvgIpc) is 3.43. The summed E-state index contributed by atoms with van der Waals surface area (Å²) in [5, 5.41) is 11.0. The third-order valence-electron chi connectivity index (χ3n) is 8.96. The number of benzene rings is 2. The number of fused-ring (bicyclic) bond motifs is 2. The Labute approximate surface area is 227 Å². The number of rotatable bonds is 7. The summed E-state index contributed by atoms with van der Waals surface area (Å²) in [5.41, 5.74) is 5.43. The minimum Gasteiger partial charge on any atom is -0.490 e. The van der Waals surface area contributed by atoms with Crippen molar-refractivity contribution in [3.05, 3.63) is 59.2 Å². The molecule has 2 saturated heterocycles. The average molecular weight is 521 g/mol. The van der Waals surface area contributed by atoms with Crippen LogP contribution in [0.5, 0.6) is 5.75 Å². The van der Waals surface area contributed by atoms with Crippen molar-refractivity contribution in [1.29, 1.82) is 0 Å². The molecule has 4 aliphatic rings. The van der Waals surface area contributed by atoms with Gasteiger partial charge in [-0.3, -0.25) is 14.7 Å². The zero-order valence-corrected chi connectivity index (χ0v) is 22.9. The Morgan fingerprint density at radius 1 is 0.895 bits per heavy atom. The summed E-state index contributed by atoms with van der Waals surface area (Å²) >= 11 is 0. The molecule has 0 saturated carbocycles. The second-order valence-electron chi connectivity index (χ2n) is 11.7. The zero-order valence-electron chi connectivity index (χ0n) is 22.9. The summed E-state index contributed by atoms with van der Waals surface area (Å²) < 4.78 is 12.1. The van der Waals surface area contributed by atoms with E-state index in [1.165, 1.54) is 28.8 Å². The molecule has 0 aliphatic carbocycles. The molecule has 7 heteroatoms. The van der Waals surface area contributed by atoms with E-state index in [2.05, 4.69) is 69.1 Å². The molecule has 0 radical (unpaired) electrons. The van der Waals surface area contributed by atoms with E-state index in [1.807, 2.05) is 0 Å². The topological polar surface area (TPSA) is 51.7 Å². The van der Waals surface area contributed by atoms with Crippen molar-refractivity contribution < 1.29 is 14.6 Å². The third-order valence-corrected chi connectivity index (χ3v) is 8.96. The van der Waals surface area contributed by atoms with Gasteiger partial charge in [0.25, 0.3) is 0 Å². The number of hydrogen-bond acceptors (Lipinski definition) is 7. The van der Waals surface area contributed by atoms with Gasteiger partial charge < -0.3 is 19.5 Å². The van der Waals surface area contributed by atoms with Gasteiger partial charge in [0.15, 0.2) is 0 Å². The number of aliphatic hydroxyl groups excluding tert-OH is 1. The SMILES string of the molecule is CN1CCN(C[C@H](O)CN2CCc3ccccc3C2)Cc2ccc(OC3CCN(C4CCOC4)CC3)cc21. The van der Waals surface area contributed by atoms with Crippen LogP contribution in [0.15, 0.2) is 42.5 Å². The molecule has 1 unspecified atom stereocenters. The van der Waals surface area contributed by atoms with Crippen molar-refractivity contribution in [3.8, 4) is 5.75 Å². The number of anilines is 1. The van der Waals surface area contributed by atoms with Crippen LogP contribution in [0.4, 0.5) is 5.69 Å². The van der Waals surface area contributed by atoms with Crippen molar-refractivity contribution >= 4 is 5.69 Å². The molecule has 6 rings (SSSR count). The Morgan fingerprint density at radius 2 is 1.66 bits per heavy atom. The van der Waals surface area contributed by atoms with Gasteiger partial charge in [-0.05, 0) is 48.4 Å². The Morgan fingerprint density at radius 3 is 2.45 bits per heavy atom. The van der Waals surface area contributed by atoms with Gasteiger partial charge in [0, 0.05) is 90.4 Å². The van der Waals surface area contributed by atoms with E-state index in [-0.39, 0.29) is 12.2 Å². The van der Waals surface area contributed by atoms with E-state index in [0.717, 1.165) is 90.6 Å². The summed E-state index contributed by atoms with van der Waals surface area (Å²) in [7, 11) is 2.18. The highest BCUT2D eigenvalue weighted by Gasteiger charge is 2.29. The maximum atomic E-state index is 11.0. The molecule has 4 aliphatic heterocycles. The van der Waals surface area contributed by atoms with Crippen LogP contribution >= 0.6 is 0 Å². The summed E-state index contributed by atoms with van der Waals surface area (Å²) in [4.78, 5) is 9.75. The fourth-order valence-corrected chi connectivity index (χ4v) is 6.72. The van der Waals surface area contributed by atoms with Crippen LogP contribution in [0, 0.1) is 0 Å². The first-order valence-electron chi connectivity index (χ1n) is 14.6. The van der Waals surface area contributed by atoms with Crippen molar-refractivity contribution in [1.82, 2.24) is 14.7 Å². The number of aliphatic hydroxyl groups is 1. The third kappa shape index (κ3) is 6.18. The van der Waals surface area contributed by atoms with E-state index in [4.69, 9.17) is 9.47 Å². The lowest BCUT2D eigenvalue weighted by molar-refractivity contribution is 0.0678. The van der Waals surface area contributed by atoms with Gasteiger partial charge in [-0.15, -0.1) is 0 Å². The highest BCUT2D eigenvalue weighted by atomic mass is 16.5. The molecule has 0 aromatic heterocycles. The van der Waals surface area contributed by atoms with Crippen molar-refractivity contribution in [2.45, 2.75) is 57.0 Å². The predicted molar refractivity (Wildman–Crippen MR) is 151 cm³/mol. The molecule has 2 aromatic carbocycles. The Hall–Kier alpha value is -2.16. The number of ether oxygens (including phenoxy) is 2. The van der Waals surface area contributed by atoms with Crippen LogP contribution in [0.25, 0.3) is 0 Å². The molecule has 2 aromatic rings. The normalized spacial score (nSPS) is 24.6. The first-order chi connectivity index (χ1) is 18.6. The van der Waals surface area contributed by atoms with Gasteiger partial charge in [-0.25, -0.2) is 0 Å². The number of hydrogen-bond donors (Lipinski definition) is 1. The molecule has 206 valence electrons. The predicted octanol–water partition coefficient (Wildman–Crippen LogP) is 2.99. The van der Waals surface area contributed by atoms with Crippen LogP contribution < -0.4 is 9.64 Å². The molecule has 4 heterocycles. The van der Waals surface area contributed by atoms with Gasteiger partial charge in [-0.2, -0.15) is 0 Å². The van der Waals surface area contributed by atoms with Crippen LogP contribution in [-0.2, 0) is 24.2 Å². The standard InChI is InChI=1S/C31H44N4O3/c1-32-15-16-34(22-28(36)21-33-12-8-24-4-2-3-5-25(24)19-33)20-26-6-7-30(18-31(26)32)38-29-9-13-35(14-10-29)27-11-17-37-23-27/h2-7,18,27-29,36H,8-17,19-23H2,1H3/t27?,28-/m1/s1. The van der Waals surface area contributed by atoms with Crippen molar-refractivity contribution in [3.63, 3.8) is 0 Å². The van der Waals surface area contributed by atoms with E-state index >= 15 is 0 Å². The quantitative estimate of drug-likeness (QED) is 0.603.